The van der Waals surface area contributed by atoms with Crippen LogP contribution in [-0.2, 0) is 11.2 Å². The van der Waals surface area contributed by atoms with E-state index in [-0.39, 0.29) is 17.7 Å². The number of fused-ring (bicyclic) bond motifs is 1. The molecule has 0 bridgehead atoms. The monoisotopic (exact) mass is 286 g/mol. The molecule has 21 heavy (non-hydrogen) atoms. The first-order chi connectivity index (χ1) is 10.1. The van der Waals surface area contributed by atoms with E-state index in [4.69, 9.17) is 0 Å². The van der Waals surface area contributed by atoms with Gasteiger partial charge in [-0.1, -0.05) is 12.8 Å². The van der Waals surface area contributed by atoms with Gasteiger partial charge in [-0.3, -0.25) is 9.59 Å². The summed E-state index contributed by atoms with van der Waals surface area (Å²) in [6, 6.07) is 5.75. The fourth-order valence-corrected chi connectivity index (χ4v) is 2.86. The molecule has 0 radical (unpaired) electrons. The fraction of sp³-hybridized carbons (Fsp3) is 0.529. The van der Waals surface area contributed by atoms with Crippen LogP contribution >= 0.6 is 0 Å². The molecule has 4 nitrogen and oxygen atoms in total. The molecule has 4 heteroatoms. The summed E-state index contributed by atoms with van der Waals surface area (Å²) in [7, 11) is 0. The number of anilines is 1. The molecule has 0 unspecified atom stereocenters. The van der Waals surface area contributed by atoms with Gasteiger partial charge in [0.2, 0.25) is 0 Å². The Morgan fingerprint density at radius 2 is 2.19 bits per heavy atom. The van der Waals surface area contributed by atoms with Crippen molar-refractivity contribution >= 4 is 17.4 Å². The van der Waals surface area contributed by atoms with Crippen LogP contribution in [0.3, 0.4) is 0 Å². The molecule has 1 atom stereocenters. The lowest BCUT2D eigenvalue weighted by molar-refractivity contribution is -0.118. The largest absolute Gasteiger partial charge is 0.382 e. The topological polar surface area (TPSA) is 58.2 Å². The number of Topliss-reactive ketones (excluding diaryl/α,β-unsaturated/α-hetero) is 1. The van der Waals surface area contributed by atoms with Crippen molar-refractivity contribution < 1.29 is 9.59 Å². The number of benzene rings is 1. The molecule has 0 saturated heterocycles. The summed E-state index contributed by atoms with van der Waals surface area (Å²) in [6.07, 6.45) is 4.64. The van der Waals surface area contributed by atoms with Crippen LogP contribution in [0.4, 0.5) is 5.69 Å². The SMILES string of the molecule is C[C@H]1CC(=O)Cc2cc(C(=O)NCCC3CC3)ccc2N1. The van der Waals surface area contributed by atoms with E-state index in [1.165, 1.54) is 12.8 Å². The summed E-state index contributed by atoms with van der Waals surface area (Å²) in [6.45, 7) is 2.75. The molecule has 1 heterocycles. The molecule has 2 N–H and O–H groups in total. The van der Waals surface area contributed by atoms with Crippen molar-refractivity contribution in [2.75, 3.05) is 11.9 Å². The lowest BCUT2D eigenvalue weighted by atomic mass is 10.0. The van der Waals surface area contributed by atoms with Crippen molar-refractivity contribution in [3.63, 3.8) is 0 Å². The summed E-state index contributed by atoms with van der Waals surface area (Å²) in [4.78, 5) is 24.0. The van der Waals surface area contributed by atoms with E-state index in [0.717, 1.165) is 30.1 Å². The molecule has 0 aromatic heterocycles. The zero-order chi connectivity index (χ0) is 14.8. The van der Waals surface area contributed by atoms with Gasteiger partial charge in [0.1, 0.15) is 5.78 Å². The Labute approximate surface area is 125 Å². The van der Waals surface area contributed by atoms with Crippen LogP contribution in [0.5, 0.6) is 0 Å². The molecule has 1 aliphatic heterocycles. The van der Waals surface area contributed by atoms with Crippen molar-refractivity contribution in [1.29, 1.82) is 0 Å². The second-order valence-corrected chi connectivity index (χ2v) is 6.32. The Morgan fingerprint density at radius 3 is 2.95 bits per heavy atom. The number of ketones is 1. The van der Waals surface area contributed by atoms with Crippen LogP contribution in [-0.4, -0.2) is 24.3 Å². The highest BCUT2D eigenvalue weighted by molar-refractivity contribution is 5.95. The molecule has 1 amide bonds. The normalized spacial score (nSPS) is 21.2. The van der Waals surface area contributed by atoms with Crippen molar-refractivity contribution in [3.8, 4) is 0 Å². The standard InChI is InChI=1S/C17H22N2O2/c1-11-8-15(20)10-14-9-13(4-5-16(14)19-11)17(21)18-7-6-12-2-3-12/h4-5,9,11-12,19H,2-3,6-8,10H2,1H3,(H,18,21)/t11-/m0/s1. The van der Waals surface area contributed by atoms with Crippen molar-refractivity contribution in [1.82, 2.24) is 5.32 Å². The van der Waals surface area contributed by atoms with E-state index in [9.17, 15) is 9.59 Å². The van der Waals surface area contributed by atoms with Crippen LogP contribution in [0.1, 0.15) is 48.5 Å². The Balaban J connectivity index is 1.68. The van der Waals surface area contributed by atoms with Gasteiger partial charge < -0.3 is 10.6 Å². The lowest BCUT2D eigenvalue weighted by Crippen LogP contribution is -2.25. The zero-order valence-electron chi connectivity index (χ0n) is 12.4. The van der Waals surface area contributed by atoms with Gasteiger partial charge in [0.05, 0.1) is 0 Å². The van der Waals surface area contributed by atoms with Gasteiger partial charge in [-0.15, -0.1) is 0 Å². The molecule has 0 spiro atoms. The summed E-state index contributed by atoms with van der Waals surface area (Å²) in [5.74, 6) is 1.00. The summed E-state index contributed by atoms with van der Waals surface area (Å²) in [5, 5.41) is 6.30. The van der Waals surface area contributed by atoms with Crippen molar-refractivity contribution in [2.45, 2.75) is 45.1 Å². The van der Waals surface area contributed by atoms with E-state index in [1.807, 2.05) is 25.1 Å². The maximum atomic E-state index is 12.1. The number of nitrogens with one attached hydrogen (secondary N) is 2. The van der Waals surface area contributed by atoms with Crippen LogP contribution in [0.15, 0.2) is 18.2 Å². The summed E-state index contributed by atoms with van der Waals surface area (Å²) in [5.41, 5.74) is 2.55. The average Bonchev–Trinajstić information content (AvgIpc) is 3.24. The Kier molecular flexibility index (Phi) is 3.95. The first-order valence-corrected chi connectivity index (χ1v) is 7.81. The Bertz CT molecular complexity index is 564. The fourth-order valence-electron chi connectivity index (χ4n) is 2.86. The molecule has 1 aliphatic carbocycles. The summed E-state index contributed by atoms with van der Waals surface area (Å²) < 4.78 is 0. The van der Waals surface area contributed by atoms with Gasteiger partial charge in [0.15, 0.2) is 0 Å². The predicted molar refractivity (Wildman–Crippen MR) is 82.5 cm³/mol. The molecule has 1 aromatic carbocycles. The number of carbonyl (C=O) groups is 2. The van der Waals surface area contributed by atoms with Crippen LogP contribution < -0.4 is 10.6 Å². The molecule has 1 fully saturated rings. The molecular weight excluding hydrogens is 264 g/mol. The van der Waals surface area contributed by atoms with Gasteiger partial charge in [-0.25, -0.2) is 0 Å². The Hall–Kier alpha value is -1.84. The second-order valence-electron chi connectivity index (χ2n) is 6.32. The van der Waals surface area contributed by atoms with Gasteiger partial charge >= 0.3 is 0 Å². The third-order valence-electron chi connectivity index (χ3n) is 4.23. The lowest BCUT2D eigenvalue weighted by Gasteiger charge is -2.13. The second kappa shape index (κ2) is 5.88. The van der Waals surface area contributed by atoms with Gasteiger partial charge in [-0.05, 0) is 43.0 Å². The molecule has 1 saturated carbocycles. The summed E-state index contributed by atoms with van der Waals surface area (Å²) >= 11 is 0. The van der Waals surface area contributed by atoms with Crippen molar-refractivity contribution in [2.24, 2.45) is 5.92 Å². The maximum absolute atomic E-state index is 12.1. The number of carbonyl (C=O) groups excluding carboxylic acids is 2. The Morgan fingerprint density at radius 1 is 1.38 bits per heavy atom. The number of hydrogen-bond acceptors (Lipinski definition) is 3. The molecule has 3 rings (SSSR count). The van der Waals surface area contributed by atoms with E-state index in [2.05, 4.69) is 10.6 Å². The maximum Gasteiger partial charge on any atom is 0.251 e. The van der Waals surface area contributed by atoms with Crippen LogP contribution in [0.2, 0.25) is 0 Å². The average molecular weight is 286 g/mol. The van der Waals surface area contributed by atoms with E-state index in [1.54, 1.807) is 0 Å². The number of amides is 1. The minimum absolute atomic E-state index is 0.0387. The highest BCUT2D eigenvalue weighted by Crippen LogP contribution is 2.31. The van der Waals surface area contributed by atoms with Crippen LogP contribution in [0, 0.1) is 5.92 Å². The first kappa shape index (κ1) is 14.1. The molecule has 2 aliphatic rings. The third kappa shape index (κ3) is 3.63. The predicted octanol–water partition coefficient (Wildman–Crippen LogP) is 2.53. The van der Waals surface area contributed by atoms with Gasteiger partial charge in [0, 0.05) is 36.7 Å². The zero-order valence-corrected chi connectivity index (χ0v) is 12.4. The first-order valence-electron chi connectivity index (χ1n) is 7.81. The molecule has 1 aromatic rings. The van der Waals surface area contributed by atoms with E-state index < -0.39 is 0 Å². The number of hydrogen-bond donors (Lipinski definition) is 2. The quantitative estimate of drug-likeness (QED) is 0.894. The smallest absolute Gasteiger partial charge is 0.251 e. The molecule has 112 valence electrons. The third-order valence-corrected chi connectivity index (χ3v) is 4.23. The van der Waals surface area contributed by atoms with Gasteiger partial charge in [0.25, 0.3) is 5.91 Å². The van der Waals surface area contributed by atoms with Gasteiger partial charge in [-0.2, -0.15) is 0 Å². The highest BCUT2D eigenvalue weighted by Gasteiger charge is 2.21. The molecular formula is C17H22N2O2. The van der Waals surface area contributed by atoms with Crippen molar-refractivity contribution in [3.05, 3.63) is 29.3 Å². The number of rotatable bonds is 4. The minimum atomic E-state index is -0.0387. The van der Waals surface area contributed by atoms with E-state index in [0.29, 0.717) is 18.4 Å². The van der Waals surface area contributed by atoms with E-state index >= 15 is 0 Å². The minimum Gasteiger partial charge on any atom is -0.382 e. The highest BCUT2D eigenvalue weighted by atomic mass is 16.1. The van der Waals surface area contributed by atoms with Crippen LogP contribution in [0.25, 0.3) is 0 Å².